The van der Waals surface area contributed by atoms with Gasteiger partial charge in [0, 0.05) is 5.56 Å². The predicted molar refractivity (Wildman–Crippen MR) is 84.7 cm³/mol. The Hall–Kier alpha value is -2.34. The predicted octanol–water partition coefficient (Wildman–Crippen LogP) is 3.52. The second-order valence-electron chi connectivity index (χ2n) is 4.60. The maximum Gasteiger partial charge on any atom is 0.359 e. The van der Waals surface area contributed by atoms with Crippen LogP contribution in [0.1, 0.15) is 28.5 Å². The molecule has 0 aliphatic carbocycles. The number of ether oxygens (including phenoxy) is 2. The van der Waals surface area contributed by atoms with Gasteiger partial charge in [0.15, 0.2) is 5.69 Å². The molecule has 0 aliphatic rings. The molecule has 0 amide bonds. The van der Waals surface area contributed by atoms with Crippen molar-refractivity contribution in [2.75, 3.05) is 13.7 Å². The molecule has 5 nitrogen and oxygen atoms in total. The Morgan fingerprint density at radius 2 is 2.09 bits per heavy atom. The lowest BCUT2D eigenvalue weighted by Gasteiger charge is -2.03. The van der Waals surface area contributed by atoms with E-state index in [-0.39, 0.29) is 23.3 Å². The molecule has 2 rings (SSSR count). The molecule has 0 atom stereocenters. The number of carbonyl (C=O) groups excluding carboxylic acids is 1. The van der Waals surface area contributed by atoms with Crippen LogP contribution in [0, 0.1) is 5.82 Å². The first kappa shape index (κ1) is 17.0. The first-order valence-corrected chi connectivity index (χ1v) is 7.31. The van der Waals surface area contributed by atoms with Gasteiger partial charge in [0.25, 0.3) is 0 Å². The fourth-order valence-electron chi connectivity index (χ4n) is 1.96. The lowest BCUT2D eigenvalue weighted by molar-refractivity contribution is 0.0518. The van der Waals surface area contributed by atoms with Crippen LogP contribution in [0.4, 0.5) is 4.39 Å². The number of methoxy groups -OCH3 is 1. The highest BCUT2D eigenvalue weighted by atomic mass is 35.5. The van der Waals surface area contributed by atoms with Gasteiger partial charge in [-0.1, -0.05) is 23.7 Å². The van der Waals surface area contributed by atoms with Gasteiger partial charge in [-0.15, -0.1) is 0 Å². The van der Waals surface area contributed by atoms with E-state index < -0.39 is 5.97 Å². The molecular formula is C16H16ClFN2O3. The van der Waals surface area contributed by atoms with Crippen LogP contribution in [0.25, 0.3) is 6.08 Å². The maximum atomic E-state index is 13.0. The Labute approximate surface area is 138 Å². The number of esters is 1. The minimum atomic E-state index is -0.567. The Kier molecular flexibility index (Phi) is 5.76. The summed E-state index contributed by atoms with van der Waals surface area (Å²) in [6.45, 7) is 2.24. The average molecular weight is 339 g/mol. The molecule has 0 bridgehead atoms. The van der Waals surface area contributed by atoms with Crippen molar-refractivity contribution < 1.29 is 18.7 Å². The zero-order valence-corrected chi connectivity index (χ0v) is 13.5. The van der Waals surface area contributed by atoms with Crippen molar-refractivity contribution in [3.05, 3.63) is 58.3 Å². The number of rotatable bonds is 6. The van der Waals surface area contributed by atoms with Crippen molar-refractivity contribution >= 4 is 23.6 Å². The second-order valence-corrected chi connectivity index (χ2v) is 4.95. The van der Waals surface area contributed by atoms with Crippen molar-refractivity contribution in [1.29, 1.82) is 0 Å². The second kappa shape index (κ2) is 7.78. The van der Waals surface area contributed by atoms with E-state index in [0.717, 1.165) is 5.56 Å². The van der Waals surface area contributed by atoms with Gasteiger partial charge < -0.3 is 9.47 Å². The van der Waals surface area contributed by atoms with E-state index in [1.54, 1.807) is 25.1 Å². The van der Waals surface area contributed by atoms with Crippen LogP contribution in [0.15, 0.2) is 30.5 Å². The molecule has 1 aromatic heterocycles. The zero-order chi connectivity index (χ0) is 16.8. The Morgan fingerprint density at radius 1 is 1.39 bits per heavy atom. The number of nitrogens with zero attached hydrogens (tertiary/aromatic N) is 2. The normalized spacial score (nSPS) is 11.0. The molecule has 1 aromatic carbocycles. The van der Waals surface area contributed by atoms with Crippen molar-refractivity contribution in [3.63, 3.8) is 0 Å². The van der Waals surface area contributed by atoms with Crippen molar-refractivity contribution in [2.24, 2.45) is 0 Å². The molecule has 23 heavy (non-hydrogen) atoms. The van der Waals surface area contributed by atoms with Gasteiger partial charge in [0.2, 0.25) is 0 Å². The lowest BCUT2D eigenvalue weighted by atomic mass is 10.2. The number of carbonyl (C=O) groups is 1. The molecular weight excluding hydrogens is 323 g/mol. The van der Waals surface area contributed by atoms with E-state index in [4.69, 9.17) is 21.1 Å². The third-order valence-corrected chi connectivity index (χ3v) is 3.41. The average Bonchev–Trinajstić information content (AvgIpc) is 2.84. The topological polar surface area (TPSA) is 53.3 Å². The van der Waals surface area contributed by atoms with Crippen LogP contribution in [-0.4, -0.2) is 29.5 Å². The number of hydrogen-bond acceptors (Lipinski definition) is 4. The maximum absolute atomic E-state index is 13.0. The molecule has 1 heterocycles. The first-order valence-electron chi connectivity index (χ1n) is 6.94. The smallest absolute Gasteiger partial charge is 0.359 e. The third kappa shape index (κ3) is 4.10. The SMILES string of the molecule is CCOC(=O)c1nn(Cc2ccc(F)cc2)c(Cl)c1/C=C/OC. The van der Waals surface area contributed by atoms with Gasteiger partial charge in [-0.05, 0) is 30.7 Å². The van der Waals surface area contributed by atoms with E-state index in [1.165, 1.54) is 30.2 Å². The molecule has 0 N–H and O–H groups in total. The van der Waals surface area contributed by atoms with Gasteiger partial charge in [-0.3, -0.25) is 0 Å². The molecule has 0 saturated carbocycles. The van der Waals surface area contributed by atoms with E-state index >= 15 is 0 Å². The van der Waals surface area contributed by atoms with Gasteiger partial charge in [-0.2, -0.15) is 5.10 Å². The Balaban J connectivity index is 2.37. The fourth-order valence-corrected chi connectivity index (χ4v) is 2.21. The van der Waals surface area contributed by atoms with Gasteiger partial charge in [-0.25, -0.2) is 13.9 Å². The quantitative estimate of drug-likeness (QED) is 0.597. The minimum Gasteiger partial charge on any atom is -0.504 e. The van der Waals surface area contributed by atoms with Crippen molar-refractivity contribution in [1.82, 2.24) is 9.78 Å². The summed E-state index contributed by atoms with van der Waals surface area (Å²) in [5.41, 5.74) is 1.31. The summed E-state index contributed by atoms with van der Waals surface area (Å²) in [5, 5.41) is 4.48. The van der Waals surface area contributed by atoms with Gasteiger partial charge >= 0.3 is 5.97 Å². The highest BCUT2D eigenvalue weighted by molar-refractivity contribution is 6.31. The molecule has 0 spiro atoms. The molecule has 7 heteroatoms. The Bertz CT molecular complexity index is 711. The molecule has 2 aromatic rings. The van der Waals surface area contributed by atoms with Crippen molar-refractivity contribution in [3.8, 4) is 0 Å². The summed E-state index contributed by atoms with van der Waals surface area (Å²) in [7, 11) is 1.48. The highest BCUT2D eigenvalue weighted by Crippen LogP contribution is 2.24. The summed E-state index contributed by atoms with van der Waals surface area (Å²) < 4.78 is 24.3. The first-order chi connectivity index (χ1) is 11.1. The van der Waals surface area contributed by atoms with Crippen molar-refractivity contribution in [2.45, 2.75) is 13.5 Å². The molecule has 122 valence electrons. The largest absolute Gasteiger partial charge is 0.504 e. The monoisotopic (exact) mass is 338 g/mol. The molecule has 0 radical (unpaired) electrons. The molecule has 0 aliphatic heterocycles. The number of halogens is 2. The summed E-state index contributed by atoms with van der Waals surface area (Å²) in [4.78, 5) is 12.0. The van der Waals surface area contributed by atoms with Crippen LogP contribution >= 0.6 is 11.6 Å². The number of aromatic nitrogens is 2. The summed E-state index contributed by atoms with van der Waals surface area (Å²) >= 11 is 6.30. The standard InChI is InChI=1S/C16H16ClFN2O3/c1-3-23-16(21)14-13(8-9-22-2)15(17)20(19-14)10-11-4-6-12(18)7-5-11/h4-9H,3,10H2,1-2H3/b9-8+. The van der Waals surface area contributed by atoms with Crippen LogP contribution < -0.4 is 0 Å². The van der Waals surface area contributed by atoms with Crippen LogP contribution in [0.2, 0.25) is 5.15 Å². The fraction of sp³-hybridized carbons (Fsp3) is 0.250. The van der Waals surface area contributed by atoms with Crippen LogP contribution in [0.3, 0.4) is 0 Å². The van der Waals surface area contributed by atoms with E-state index in [9.17, 15) is 9.18 Å². The van der Waals surface area contributed by atoms with Gasteiger partial charge in [0.05, 0.1) is 26.5 Å². The minimum absolute atomic E-state index is 0.104. The van der Waals surface area contributed by atoms with E-state index in [0.29, 0.717) is 12.1 Å². The number of benzene rings is 1. The summed E-state index contributed by atoms with van der Waals surface area (Å²) in [5.74, 6) is -0.890. The van der Waals surface area contributed by atoms with Gasteiger partial charge in [0.1, 0.15) is 11.0 Å². The summed E-state index contributed by atoms with van der Waals surface area (Å²) in [6.07, 6.45) is 2.94. The van der Waals surface area contributed by atoms with E-state index in [2.05, 4.69) is 5.10 Å². The molecule has 0 fully saturated rings. The summed E-state index contributed by atoms with van der Waals surface area (Å²) in [6, 6.07) is 5.96. The third-order valence-electron chi connectivity index (χ3n) is 3.01. The lowest BCUT2D eigenvalue weighted by Crippen LogP contribution is -2.08. The molecule has 0 saturated heterocycles. The number of hydrogen-bond donors (Lipinski definition) is 0. The van der Waals surface area contributed by atoms with Crippen LogP contribution in [0.5, 0.6) is 0 Å². The Morgan fingerprint density at radius 3 is 2.70 bits per heavy atom. The van der Waals surface area contributed by atoms with Crippen LogP contribution in [-0.2, 0) is 16.0 Å². The van der Waals surface area contributed by atoms with E-state index in [1.807, 2.05) is 0 Å². The highest BCUT2D eigenvalue weighted by Gasteiger charge is 2.21. The zero-order valence-electron chi connectivity index (χ0n) is 12.8. The molecule has 0 unspecified atom stereocenters.